The molecule has 2 nitrogen and oxygen atoms in total. The first-order valence-corrected chi connectivity index (χ1v) is 7.65. The third kappa shape index (κ3) is 4.20. The average Bonchev–Trinajstić information content (AvgIpc) is 2.48. The van der Waals surface area contributed by atoms with Crippen molar-refractivity contribution in [1.82, 2.24) is 10.2 Å². The maximum Gasteiger partial charge on any atom is 0.416 e. The van der Waals surface area contributed by atoms with Crippen LogP contribution in [0, 0.1) is 0 Å². The van der Waals surface area contributed by atoms with Gasteiger partial charge < -0.3 is 5.32 Å². The molecule has 1 saturated heterocycles. The molecule has 0 amide bonds. The zero-order valence-electron chi connectivity index (χ0n) is 12.4. The Hall–Kier alpha value is -1.07. The van der Waals surface area contributed by atoms with Crippen molar-refractivity contribution in [3.05, 3.63) is 35.4 Å². The fourth-order valence-electron chi connectivity index (χ4n) is 2.97. The fraction of sp³-hybridized carbons (Fsp3) is 0.625. The lowest BCUT2D eigenvalue weighted by molar-refractivity contribution is -0.138. The highest BCUT2D eigenvalue weighted by Crippen LogP contribution is 2.38. The van der Waals surface area contributed by atoms with E-state index < -0.39 is 11.7 Å². The maximum absolute atomic E-state index is 13.3. The first-order valence-electron chi connectivity index (χ1n) is 7.65. The Morgan fingerprint density at radius 3 is 2.48 bits per heavy atom. The van der Waals surface area contributed by atoms with Crippen molar-refractivity contribution in [2.75, 3.05) is 26.2 Å². The van der Waals surface area contributed by atoms with Crippen molar-refractivity contribution in [1.29, 1.82) is 0 Å². The van der Waals surface area contributed by atoms with Crippen LogP contribution in [0.15, 0.2) is 24.3 Å². The summed E-state index contributed by atoms with van der Waals surface area (Å²) in [4.78, 5) is 2.19. The summed E-state index contributed by atoms with van der Waals surface area (Å²) in [5.74, 6) is 0. The van der Waals surface area contributed by atoms with E-state index in [2.05, 4.69) is 17.1 Å². The van der Waals surface area contributed by atoms with Gasteiger partial charge >= 0.3 is 6.18 Å². The van der Waals surface area contributed by atoms with Gasteiger partial charge in [-0.15, -0.1) is 0 Å². The summed E-state index contributed by atoms with van der Waals surface area (Å²) in [6.07, 6.45) is -1.56. The van der Waals surface area contributed by atoms with Crippen LogP contribution in [-0.2, 0) is 6.18 Å². The molecule has 1 aliphatic rings. The summed E-state index contributed by atoms with van der Waals surface area (Å²) >= 11 is 0. The van der Waals surface area contributed by atoms with Crippen LogP contribution in [-0.4, -0.2) is 31.1 Å². The molecule has 1 fully saturated rings. The summed E-state index contributed by atoms with van der Waals surface area (Å²) in [5, 5.41) is 3.26. The molecule has 0 bridgehead atoms. The van der Waals surface area contributed by atoms with Gasteiger partial charge in [-0.05, 0) is 18.1 Å². The van der Waals surface area contributed by atoms with Gasteiger partial charge in [0.05, 0.1) is 5.56 Å². The first-order chi connectivity index (χ1) is 10.0. The smallest absolute Gasteiger partial charge is 0.314 e. The molecule has 21 heavy (non-hydrogen) atoms. The van der Waals surface area contributed by atoms with Gasteiger partial charge in [0.15, 0.2) is 0 Å². The summed E-state index contributed by atoms with van der Waals surface area (Å²) in [6, 6.07) is 5.90. The first kappa shape index (κ1) is 16.3. The third-order valence-electron chi connectivity index (χ3n) is 4.05. The minimum atomic E-state index is -4.28. The molecule has 1 aliphatic heterocycles. The van der Waals surface area contributed by atoms with Crippen LogP contribution in [0.5, 0.6) is 0 Å². The quantitative estimate of drug-likeness (QED) is 0.889. The predicted molar refractivity (Wildman–Crippen MR) is 78.2 cm³/mol. The molecule has 0 aliphatic carbocycles. The summed E-state index contributed by atoms with van der Waals surface area (Å²) in [5.41, 5.74) is -0.0509. The number of nitrogens with zero attached hydrogens (tertiary/aromatic N) is 1. The van der Waals surface area contributed by atoms with E-state index in [0.717, 1.165) is 45.4 Å². The Labute approximate surface area is 124 Å². The molecule has 1 atom stereocenters. The second-order valence-corrected chi connectivity index (χ2v) is 5.53. The van der Waals surface area contributed by atoms with Crippen molar-refractivity contribution in [3.63, 3.8) is 0 Å². The highest BCUT2D eigenvalue weighted by atomic mass is 19.4. The number of piperazine rings is 1. The number of halogens is 3. The summed E-state index contributed by atoms with van der Waals surface area (Å²) in [6.45, 7) is 5.37. The monoisotopic (exact) mass is 300 g/mol. The number of hydrogen-bond acceptors (Lipinski definition) is 2. The molecule has 118 valence electrons. The van der Waals surface area contributed by atoms with Crippen molar-refractivity contribution < 1.29 is 13.2 Å². The number of alkyl halides is 3. The van der Waals surface area contributed by atoms with Crippen LogP contribution in [0.25, 0.3) is 0 Å². The lowest BCUT2D eigenvalue weighted by atomic mass is 9.94. The lowest BCUT2D eigenvalue weighted by Crippen LogP contribution is -2.45. The molecule has 0 unspecified atom stereocenters. The zero-order valence-corrected chi connectivity index (χ0v) is 12.4. The second-order valence-electron chi connectivity index (χ2n) is 5.53. The van der Waals surface area contributed by atoms with E-state index in [-0.39, 0.29) is 6.04 Å². The fourth-order valence-corrected chi connectivity index (χ4v) is 2.97. The molecular formula is C16H23F3N2. The molecule has 1 N–H and O–H groups in total. The number of rotatable bonds is 5. The number of unbranched alkanes of at least 4 members (excludes halogenated alkanes) is 1. The molecule has 1 aromatic carbocycles. The largest absolute Gasteiger partial charge is 0.416 e. The SMILES string of the molecule is CCCC[C@@H](c1ccccc1C(F)(F)F)N1CCNCC1. The highest BCUT2D eigenvalue weighted by Gasteiger charge is 2.36. The number of hydrogen-bond donors (Lipinski definition) is 1. The van der Waals surface area contributed by atoms with Gasteiger partial charge in [0.25, 0.3) is 0 Å². The molecule has 5 heteroatoms. The van der Waals surface area contributed by atoms with Crippen LogP contribution in [0.4, 0.5) is 13.2 Å². The van der Waals surface area contributed by atoms with Crippen molar-refractivity contribution in [2.24, 2.45) is 0 Å². The van der Waals surface area contributed by atoms with Crippen molar-refractivity contribution in [3.8, 4) is 0 Å². The molecule has 0 radical (unpaired) electrons. The summed E-state index contributed by atoms with van der Waals surface area (Å²) < 4.78 is 39.8. The van der Waals surface area contributed by atoms with Crippen LogP contribution in [0.1, 0.15) is 43.4 Å². The lowest BCUT2D eigenvalue weighted by Gasteiger charge is -2.36. The van der Waals surface area contributed by atoms with Gasteiger partial charge in [-0.3, -0.25) is 4.90 Å². The van der Waals surface area contributed by atoms with Crippen molar-refractivity contribution >= 4 is 0 Å². The second kappa shape index (κ2) is 7.27. The van der Waals surface area contributed by atoms with Gasteiger partial charge in [-0.2, -0.15) is 13.2 Å². The van der Waals surface area contributed by atoms with Gasteiger partial charge in [0, 0.05) is 32.2 Å². The summed E-state index contributed by atoms with van der Waals surface area (Å²) in [7, 11) is 0. The molecule has 1 aromatic rings. The highest BCUT2D eigenvalue weighted by molar-refractivity contribution is 5.32. The Morgan fingerprint density at radius 2 is 1.86 bits per heavy atom. The van der Waals surface area contributed by atoms with Crippen LogP contribution >= 0.6 is 0 Å². The number of benzene rings is 1. The Morgan fingerprint density at radius 1 is 1.19 bits per heavy atom. The third-order valence-corrected chi connectivity index (χ3v) is 4.05. The van der Waals surface area contributed by atoms with Crippen molar-refractivity contribution in [2.45, 2.75) is 38.4 Å². The molecule has 1 heterocycles. The molecule has 2 rings (SSSR count). The van der Waals surface area contributed by atoms with Crippen LogP contribution < -0.4 is 5.32 Å². The van der Waals surface area contributed by atoms with Crippen LogP contribution in [0.2, 0.25) is 0 Å². The normalized spacial score (nSPS) is 18.7. The van der Waals surface area contributed by atoms with Gasteiger partial charge in [0.1, 0.15) is 0 Å². The minimum absolute atomic E-state index is 0.134. The van der Waals surface area contributed by atoms with E-state index in [1.54, 1.807) is 12.1 Å². The molecular weight excluding hydrogens is 277 g/mol. The zero-order chi connectivity index (χ0) is 15.3. The van der Waals surface area contributed by atoms with E-state index in [4.69, 9.17) is 0 Å². The Kier molecular flexibility index (Phi) is 5.65. The standard InChI is InChI=1S/C16H23F3N2/c1-2-3-8-15(21-11-9-20-10-12-21)13-6-4-5-7-14(13)16(17,18)19/h4-7,15,20H,2-3,8-12H2,1H3/t15-/m0/s1. The Bertz CT molecular complexity index is 439. The van der Waals surface area contributed by atoms with E-state index in [0.29, 0.717) is 5.56 Å². The average molecular weight is 300 g/mol. The Balaban J connectivity index is 2.31. The van der Waals surface area contributed by atoms with Gasteiger partial charge in [-0.25, -0.2) is 0 Å². The minimum Gasteiger partial charge on any atom is -0.314 e. The van der Waals surface area contributed by atoms with E-state index in [1.165, 1.54) is 12.1 Å². The van der Waals surface area contributed by atoms with Gasteiger partial charge in [0.2, 0.25) is 0 Å². The molecule has 0 spiro atoms. The molecule has 0 aromatic heterocycles. The maximum atomic E-state index is 13.3. The molecule has 0 saturated carbocycles. The van der Waals surface area contributed by atoms with E-state index in [1.807, 2.05) is 0 Å². The van der Waals surface area contributed by atoms with Crippen LogP contribution in [0.3, 0.4) is 0 Å². The van der Waals surface area contributed by atoms with E-state index >= 15 is 0 Å². The predicted octanol–water partition coefficient (Wildman–Crippen LogP) is 3.84. The van der Waals surface area contributed by atoms with E-state index in [9.17, 15) is 13.2 Å². The number of nitrogens with one attached hydrogen (secondary N) is 1. The van der Waals surface area contributed by atoms with Gasteiger partial charge in [-0.1, -0.05) is 38.0 Å². The topological polar surface area (TPSA) is 15.3 Å².